The SMILES string of the molecule is N#CCc1cc(Cl)c2c(-c3ccccc3)nccn12. The van der Waals surface area contributed by atoms with Gasteiger partial charge in [0.25, 0.3) is 0 Å². The van der Waals surface area contributed by atoms with E-state index in [1.54, 1.807) is 6.20 Å². The fraction of sp³-hybridized carbons (Fsp3) is 0.0667. The first-order valence-corrected chi connectivity index (χ1v) is 6.26. The molecule has 92 valence electrons. The molecule has 3 nitrogen and oxygen atoms in total. The lowest BCUT2D eigenvalue weighted by Crippen LogP contribution is -1.94. The topological polar surface area (TPSA) is 41.1 Å². The Hall–Kier alpha value is -2.31. The minimum Gasteiger partial charge on any atom is -0.315 e. The monoisotopic (exact) mass is 267 g/mol. The van der Waals surface area contributed by atoms with Crippen molar-refractivity contribution in [2.75, 3.05) is 0 Å². The van der Waals surface area contributed by atoms with Gasteiger partial charge in [-0.3, -0.25) is 4.98 Å². The van der Waals surface area contributed by atoms with Gasteiger partial charge in [0.15, 0.2) is 0 Å². The van der Waals surface area contributed by atoms with Crippen molar-refractivity contribution in [1.82, 2.24) is 9.38 Å². The minimum atomic E-state index is 0.326. The van der Waals surface area contributed by atoms with Crippen molar-refractivity contribution >= 4 is 17.1 Å². The van der Waals surface area contributed by atoms with Gasteiger partial charge in [-0.15, -0.1) is 0 Å². The lowest BCUT2D eigenvalue weighted by Gasteiger charge is -2.05. The number of hydrogen-bond acceptors (Lipinski definition) is 2. The number of nitrogens with zero attached hydrogens (tertiary/aromatic N) is 3. The molecule has 1 aromatic carbocycles. The van der Waals surface area contributed by atoms with Crippen molar-refractivity contribution in [3.05, 3.63) is 59.5 Å². The first-order valence-electron chi connectivity index (χ1n) is 5.88. The van der Waals surface area contributed by atoms with Gasteiger partial charge in [0.1, 0.15) is 0 Å². The molecule has 3 aromatic rings. The van der Waals surface area contributed by atoms with Crippen LogP contribution in [0.3, 0.4) is 0 Å². The molecule has 4 heteroatoms. The van der Waals surface area contributed by atoms with E-state index in [1.807, 2.05) is 47.0 Å². The Morgan fingerprint density at radius 1 is 1.26 bits per heavy atom. The van der Waals surface area contributed by atoms with Crippen LogP contribution in [0.1, 0.15) is 5.69 Å². The number of aromatic nitrogens is 2. The highest BCUT2D eigenvalue weighted by molar-refractivity contribution is 6.34. The maximum absolute atomic E-state index is 8.85. The molecule has 0 N–H and O–H groups in total. The van der Waals surface area contributed by atoms with Crippen LogP contribution in [-0.4, -0.2) is 9.38 Å². The minimum absolute atomic E-state index is 0.326. The molecule has 0 atom stereocenters. The number of rotatable bonds is 2. The van der Waals surface area contributed by atoms with Crippen LogP contribution >= 0.6 is 11.6 Å². The lowest BCUT2D eigenvalue weighted by molar-refractivity contribution is 1.04. The Bertz CT molecular complexity index is 769. The maximum atomic E-state index is 8.85. The summed E-state index contributed by atoms with van der Waals surface area (Å²) in [6, 6.07) is 13.9. The molecule has 0 fully saturated rings. The quantitative estimate of drug-likeness (QED) is 0.710. The summed E-state index contributed by atoms with van der Waals surface area (Å²) in [5, 5.41) is 9.48. The smallest absolute Gasteiger partial charge is 0.0958 e. The van der Waals surface area contributed by atoms with Crippen LogP contribution in [0.15, 0.2) is 48.8 Å². The molecule has 0 aliphatic carbocycles. The predicted molar refractivity (Wildman–Crippen MR) is 75.0 cm³/mol. The van der Waals surface area contributed by atoms with E-state index in [0.29, 0.717) is 11.4 Å². The van der Waals surface area contributed by atoms with Crippen molar-refractivity contribution in [3.63, 3.8) is 0 Å². The molecule has 2 aromatic heterocycles. The van der Waals surface area contributed by atoms with E-state index in [2.05, 4.69) is 11.1 Å². The Kier molecular flexibility index (Phi) is 2.94. The molecule has 0 spiro atoms. The van der Waals surface area contributed by atoms with Gasteiger partial charge in [0.2, 0.25) is 0 Å². The summed E-state index contributed by atoms with van der Waals surface area (Å²) in [4.78, 5) is 4.42. The van der Waals surface area contributed by atoms with E-state index in [-0.39, 0.29) is 0 Å². The van der Waals surface area contributed by atoms with Gasteiger partial charge in [-0.2, -0.15) is 5.26 Å². The molecule has 0 unspecified atom stereocenters. The Morgan fingerprint density at radius 3 is 2.79 bits per heavy atom. The van der Waals surface area contributed by atoms with E-state index in [1.165, 1.54) is 0 Å². The van der Waals surface area contributed by atoms with E-state index < -0.39 is 0 Å². The molecule has 0 saturated carbocycles. The highest BCUT2D eigenvalue weighted by Crippen LogP contribution is 2.30. The summed E-state index contributed by atoms with van der Waals surface area (Å²) >= 11 is 6.30. The fourth-order valence-corrected chi connectivity index (χ4v) is 2.51. The molecule has 2 heterocycles. The van der Waals surface area contributed by atoms with Crippen LogP contribution in [0.4, 0.5) is 0 Å². The van der Waals surface area contributed by atoms with E-state index in [9.17, 15) is 0 Å². The van der Waals surface area contributed by atoms with Gasteiger partial charge in [-0.25, -0.2) is 0 Å². The van der Waals surface area contributed by atoms with Gasteiger partial charge in [0.05, 0.1) is 28.7 Å². The van der Waals surface area contributed by atoms with Crippen molar-refractivity contribution in [2.24, 2.45) is 0 Å². The second-order valence-electron chi connectivity index (χ2n) is 4.18. The zero-order valence-corrected chi connectivity index (χ0v) is 10.8. The second kappa shape index (κ2) is 4.75. The van der Waals surface area contributed by atoms with Gasteiger partial charge in [-0.05, 0) is 6.07 Å². The summed E-state index contributed by atoms with van der Waals surface area (Å²) in [5.41, 5.74) is 3.57. The zero-order valence-electron chi connectivity index (χ0n) is 10.0. The maximum Gasteiger partial charge on any atom is 0.0958 e. The van der Waals surface area contributed by atoms with Crippen molar-refractivity contribution < 1.29 is 0 Å². The van der Waals surface area contributed by atoms with Crippen LogP contribution in [0.2, 0.25) is 5.02 Å². The largest absolute Gasteiger partial charge is 0.315 e. The fourth-order valence-electron chi connectivity index (χ4n) is 2.20. The van der Waals surface area contributed by atoms with Gasteiger partial charge >= 0.3 is 0 Å². The molecule has 0 aliphatic rings. The molecule has 19 heavy (non-hydrogen) atoms. The lowest BCUT2D eigenvalue weighted by atomic mass is 10.1. The van der Waals surface area contributed by atoms with Gasteiger partial charge in [-0.1, -0.05) is 41.9 Å². The second-order valence-corrected chi connectivity index (χ2v) is 4.59. The molecule has 0 bridgehead atoms. The van der Waals surface area contributed by atoms with Crippen LogP contribution in [0, 0.1) is 11.3 Å². The van der Waals surface area contributed by atoms with E-state index in [4.69, 9.17) is 16.9 Å². The van der Waals surface area contributed by atoms with Crippen molar-refractivity contribution in [2.45, 2.75) is 6.42 Å². The zero-order chi connectivity index (χ0) is 13.2. The standard InChI is InChI=1S/C15H10ClN3/c16-13-10-12(6-7-17)19-9-8-18-14(15(13)19)11-4-2-1-3-5-11/h1-5,8-10H,6H2. The number of halogens is 1. The van der Waals surface area contributed by atoms with Crippen LogP contribution in [-0.2, 0) is 6.42 Å². The molecule has 0 saturated heterocycles. The summed E-state index contributed by atoms with van der Waals surface area (Å²) in [7, 11) is 0. The predicted octanol–water partition coefficient (Wildman–Crippen LogP) is 3.72. The molecule has 0 aliphatic heterocycles. The number of nitriles is 1. The van der Waals surface area contributed by atoms with Gasteiger partial charge < -0.3 is 4.40 Å². The number of hydrogen-bond donors (Lipinski definition) is 0. The summed E-state index contributed by atoms with van der Waals surface area (Å²) in [5.74, 6) is 0. The Morgan fingerprint density at radius 2 is 2.05 bits per heavy atom. The van der Waals surface area contributed by atoms with Crippen LogP contribution in [0.5, 0.6) is 0 Å². The van der Waals surface area contributed by atoms with Crippen molar-refractivity contribution in [1.29, 1.82) is 5.26 Å². The van der Waals surface area contributed by atoms with Gasteiger partial charge in [0, 0.05) is 23.7 Å². The average Bonchev–Trinajstić information content (AvgIpc) is 2.77. The first-order chi connectivity index (χ1) is 9.31. The third-order valence-electron chi connectivity index (χ3n) is 3.02. The molecule has 0 radical (unpaired) electrons. The van der Waals surface area contributed by atoms with E-state index >= 15 is 0 Å². The van der Waals surface area contributed by atoms with E-state index in [0.717, 1.165) is 22.5 Å². The summed E-state index contributed by atoms with van der Waals surface area (Å²) in [6.45, 7) is 0. The molecular formula is C15H10ClN3. The highest BCUT2D eigenvalue weighted by Gasteiger charge is 2.13. The summed E-state index contributed by atoms with van der Waals surface area (Å²) < 4.78 is 1.93. The van der Waals surface area contributed by atoms with Crippen LogP contribution < -0.4 is 0 Å². The van der Waals surface area contributed by atoms with Crippen molar-refractivity contribution in [3.8, 4) is 17.3 Å². The molecule has 3 rings (SSSR count). The Balaban J connectivity index is 2.31. The third kappa shape index (κ3) is 1.96. The normalized spacial score (nSPS) is 10.5. The average molecular weight is 268 g/mol. The first kappa shape index (κ1) is 11.8. The highest BCUT2D eigenvalue weighted by atomic mass is 35.5. The van der Waals surface area contributed by atoms with Crippen LogP contribution in [0.25, 0.3) is 16.8 Å². The number of fused-ring (bicyclic) bond motifs is 1. The molecular weight excluding hydrogens is 258 g/mol. The summed E-state index contributed by atoms with van der Waals surface area (Å²) in [6.07, 6.45) is 3.89. The Labute approximate surface area is 115 Å². The number of benzene rings is 1. The third-order valence-corrected chi connectivity index (χ3v) is 3.31. The molecule has 0 amide bonds.